The van der Waals surface area contributed by atoms with Gasteiger partial charge >= 0.3 is 0 Å². The summed E-state index contributed by atoms with van der Waals surface area (Å²) in [7, 11) is 0. The van der Waals surface area contributed by atoms with Crippen molar-refractivity contribution in [2.45, 2.75) is 44.6 Å². The van der Waals surface area contributed by atoms with E-state index in [0.717, 1.165) is 24.8 Å². The second-order valence-electron chi connectivity index (χ2n) is 4.65. The van der Waals surface area contributed by atoms with E-state index in [2.05, 4.69) is 35.8 Å². The van der Waals surface area contributed by atoms with Crippen molar-refractivity contribution >= 4 is 0 Å². The Labute approximate surface area is 122 Å². The van der Waals surface area contributed by atoms with E-state index >= 15 is 0 Å². The van der Waals surface area contributed by atoms with Gasteiger partial charge in [0.25, 0.3) is 0 Å². The summed E-state index contributed by atoms with van der Waals surface area (Å²) in [6, 6.07) is 8.08. The van der Waals surface area contributed by atoms with E-state index in [0.29, 0.717) is 0 Å². The average molecular weight is 264 g/mol. The molecule has 0 aliphatic heterocycles. The summed E-state index contributed by atoms with van der Waals surface area (Å²) in [5, 5.41) is 9.16. The van der Waals surface area contributed by atoms with E-state index < -0.39 is 6.10 Å². The standard InChI is InChI=1S/C19H20O/c1-3-5-6-7-8-9-10-17-11-13-18(14-12-17)15-16-19(20)4-2/h1-2,11-14,19-20H,5-10H2/t19-/m0/s1. The molecule has 1 N–H and O–H groups in total. The van der Waals surface area contributed by atoms with Gasteiger partial charge in [-0.25, -0.2) is 0 Å². The Kier molecular flexibility index (Phi) is 7.76. The van der Waals surface area contributed by atoms with Crippen molar-refractivity contribution in [2.24, 2.45) is 0 Å². The van der Waals surface area contributed by atoms with Crippen LogP contribution in [0.5, 0.6) is 0 Å². The number of aryl methyl sites for hydroxylation is 1. The van der Waals surface area contributed by atoms with Gasteiger partial charge in [-0.2, -0.15) is 0 Å². The van der Waals surface area contributed by atoms with Crippen molar-refractivity contribution in [3.05, 3.63) is 35.4 Å². The Morgan fingerprint density at radius 2 is 1.70 bits per heavy atom. The topological polar surface area (TPSA) is 20.2 Å². The van der Waals surface area contributed by atoms with Crippen LogP contribution in [-0.2, 0) is 6.42 Å². The molecule has 0 unspecified atom stereocenters. The largest absolute Gasteiger partial charge is 0.369 e. The van der Waals surface area contributed by atoms with Crippen molar-refractivity contribution in [3.63, 3.8) is 0 Å². The fourth-order valence-corrected chi connectivity index (χ4v) is 1.86. The zero-order valence-electron chi connectivity index (χ0n) is 11.7. The van der Waals surface area contributed by atoms with E-state index in [4.69, 9.17) is 18.0 Å². The van der Waals surface area contributed by atoms with Crippen LogP contribution in [0.4, 0.5) is 0 Å². The normalized spacial score (nSPS) is 10.8. The average Bonchev–Trinajstić information content (AvgIpc) is 2.49. The first-order valence-electron chi connectivity index (χ1n) is 6.94. The van der Waals surface area contributed by atoms with Gasteiger partial charge in [0.05, 0.1) is 0 Å². The second kappa shape index (κ2) is 9.75. The van der Waals surface area contributed by atoms with Crippen LogP contribution in [0.3, 0.4) is 0 Å². The highest BCUT2D eigenvalue weighted by atomic mass is 16.3. The molecule has 0 bridgehead atoms. The van der Waals surface area contributed by atoms with Crippen LogP contribution < -0.4 is 0 Å². The molecule has 0 amide bonds. The lowest BCUT2D eigenvalue weighted by Crippen LogP contribution is -1.96. The summed E-state index contributed by atoms with van der Waals surface area (Å²) in [6.07, 6.45) is 16.0. The molecule has 1 aromatic carbocycles. The number of hydrogen-bond donors (Lipinski definition) is 1. The van der Waals surface area contributed by atoms with Crippen LogP contribution in [0.15, 0.2) is 24.3 Å². The van der Waals surface area contributed by atoms with Gasteiger partial charge in [-0.3, -0.25) is 0 Å². The summed E-state index contributed by atoms with van der Waals surface area (Å²) in [5.74, 6) is 10.3. The lowest BCUT2D eigenvalue weighted by molar-refractivity contribution is 0.290. The van der Waals surface area contributed by atoms with E-state index in [1.807, 2.05) is 12.1 Å². The Bertz CT molecular complexity index is 528. The smallest absolute Gasteiger partial charge is 0.176 e. The predicted octanol–water partition coefficient (Wildman–Crippen LogP) is 3.16. The fraction of sp³-hybridized carbons (Fsp3) is 0.368. The minimum Gasteiger partial charge on any atom is -0.369 e. The molecule has 1 rings (SSSR count). The number of rotatable bonds is 6. The lowest BCUT2D eigenvalue weighted by Gasteiger charge is -2.01. The summed E-state index contributed by atoms with van der Waals surface area (Å²) < 4.78 is 0. The molecule has 0 spiro atoms. The van der Waals surface area contributed by atoms with Crippen LogP contribution >= 0.6 is 0 Å². The molecule has 0 radical (unpaired) electrons. The number of terminal acetylenes is 2. The van der Waals surface area contributed by atoms with Crippen LogP contribution in [-0.4, -0.2) is 11.2 Å². The third-order valence-electron chi connectivity index (χ3n) is 3.00. The Hall–Kier alpha value is -2.14. The first-order valence-corrected chi connectivity index (χ1v) is 6.94. The number of aliphatic hydroxyl groups excluding tert-OH is 1. The lowest BCUT2D eigenvalue weighted by atomic mass is 10.0. The van der Waals surface area contributed by atoms with E-state index in [-0.39, 0.29) is 0 Å². The van der Waals surface area contributed by atoms with Crippen molar-refractivity contribution in [2.75, 3.05) is 0 Å². The molecule has 0 aliphatic carbocycles. The summed E-state index contributed by atoms with van der Waals surface area (Å²) >= 11 is 0. The quantitative estimate of drug-likeness (QED) is 0.618. The van der Waals surface area contributed by atoms with Gasteiger partial charge in [0.2, 0.25) is 0 Å². The molecule has 20 heavy (non-hydrogen) atoms. The van der Waals surface area contributed by atoms with Gasteiger partial charge in [-0.1, -0.05) is 42.7 Å². The monoisotopic (exact) mass is 264 g/mol. The Balaban J connectivity index is 2.34. The third-order valence-corrected chi connectivity index (χ3v) is 3.00. The zero-order chi connectivity index (χ0) is 14.6. The van der Waals surface area contributed by atoms with Crippen molar-refractivity contribution < 1.29 is 5.11 Å². The summed E-state index contributed by atoms with van der Waals surface area (Å²) in [5.41, 5.74) is 2.18. The van der Waals surface area contributed by atoms with E-state index in [9.17, 15) is 0 Å². The molecule has 1 heteroatoms. The van der Waals surface area contributed by atoms with Crippen LogP contribution in [0.2, 0.25) is 0 Å². The maximum Gasteiger partial charge on any atom is 0.176 e. The van der Waals surface area contributed by atoms with Crippen molar-refractivity contribution in [3.8, 4) is 36.5 Å². The molecular formula is C19H20O. The van der Waals surface area contributed by atoms with E-state index in [1.165, 1.54) is 24.8 Å². The van der Waals surface area contributed by atoms with Gasteiger partial charge in [-0.15, -0.1) is 18.8 Å². The molecule has 0 saturated heterocycles. The number of aliphatic hydroxyl groups is 1. The Morgan fingerprint density at radius 1 is 1.00 bits per heavy atom. The van der Waals surface area contributed by atoms with Crippen LogP contribution in [0.25, 0.3) is 0 Å². The molecule has 1 nitrogen and oxygen atoms in total. The van der Waals surface area contributed by atoms with Crippen molar-refractivity contribution in [1.82, 2.24) is 0 Å². The predicted molar refractivity (Wildman–Crippen MR) is 83.8 cm³/mol. The molecule has 0 saturated carbocycles. The molecule has 0 fully saturated rings. The van der Waals surface area contributed by atoms with Gasteiger partial charge in [-0.05, 0) is 37.0 Å². The SMILES string of the molecule is C#CCCCCCCc1ccc(C#C[C@@H](O)C#C)cc1. The second-order valence-corrected chi connectivity index (χ2v) is 4.65. The number of unbranched alkanes of at least 4 members (excludes halogenated alkanes) is 4. The van der Waals surface area contributed by atoms with Crippen LogP contribution in [0, 0.1) is 36.5 Å². The highest BCUT2D eigenvalue weighted by Crippen LogP contribution is 2.10. The molecule has 1 aromatic rings. The van der Waals surface area contributed by atoms with Gasteiger partial charge in [0.1, 0.15) is 0 Å². The summed E-state index contributed by atoms with van der Waals surface area (Å²) in [6.45, 7) is 0. The summed E-state index contributed by atoms with van der Waals surface area (Å²) in [4.78, 5) is 0. The van der Waals surface area contributed by atoms with Gasteiger partial charge < -0.3 is 5.11 Å². The first kappa shape index (κ1) is 15.9. The van der Waals surface area contributed by atoms with Crippen molar-refractivity contribution in [1.29, 1.82) is 0 Å². The number of hydrogen-bond acceptors (Lipinski definition) is 1. The molecular weight excluding hydrogens is 244 g/mol. The molecule has 0 aliphatic rings. The van der Waals surface area contributed by atoms with Gasteiger partial charge in [0.15, 0.2) is 6.10 Å². The molecule has 0 aromatic heterocycles. The third kappa shape index (κ3) is 6.70. The molecule has 102 valence electrons. The zero-order valence-corrected chi connectivity index (χ0v) is 11.7. The molecule has 0 heterocycles. The van der Waals surface area contributed by atoms with Crippen LogP contribution in [0.1, 0.15) is 43.2 Å². The number of benzene rings is 1. The fourth-order valence-electron chi connectivity index (χ4n) is 1.86. The minimum atomic E-state index is -0.988. The first-order chi connectivity index (χ1) is 9.76. The highest BCUT2D eigenvalue weighted by Gasteiger charge is 1.95. The molecule has 1 atom stereocenters. The maximum absolute atomic E-state index is 9.16. The Morgan fingerprint density at radius 3 is 2.35 bits per heavy atom. The van der Waals surface area contributed by atoms with E-state index in [1.54, 1.807) is 0 Å². The minimum absolute atomic E-state index is 0.872. The highest BCUT2D eigenvalue weighted by molar-refractivity contribution is 5.38. The van der Waals surface area contributed by atoms with Gasteiger partial charge in [0, 0.05) is 12.0 Å². The maximum atomic E-state index is 9.16.